The Labute approximate surface area is 66.5 Å². The highest BCUT2D eigenvalue weighted by molar-refractivity contribution is 6.23. The highest BCUT2D eigenvalue weighted by atomic mass is 35.5. The molecule has 0 radical (unpaired) electrons. The van der Waals surface area contributed by atoms with Crippen molar-refractivity contribution >= 4 is 23.2 Å². The van der Waals surface area contributed by atoms with E-state index in [1.54, 1.807) is 0 Å². The van der Waals surface area contributed by atoms with Crippen molar-refractivity contribution in [2.45, 2.75) is 42.9 Å². The Kier molecular flexibility index (Phi) is 3.14. The zero-order chi connectivity index (χ0) is 6.69. The largest absolute Gasteiger partial charge is 0.123 e. The first kappa shape index (κ1) is 7.68. The minimum absolute atomic E-state index is 0.343. The lowest BCUT2D eigenvalue weighted by Gasteiger charge is -2.06. The summed E-state index contributed by atoms with van der Waals surface area (Å²) in [6, 6.07) is 0. The molecule has 1 aliphatic carbocycles. The van der Waals surface area contributed by atoms with Gasteiger partial charge >= 0.3 is 0 Å². The lowest BCUT2D eigenvalue weighted by molar-refractivity contribution is 0.705. The monoisotopic (exact) mass is 166 g/mol. The Bertz CT molecular complexity index is 73.0. The molecule has 0 spiro atoms. The molecule has 0 nitrogen and oxygen atoms in total. The first-order valence-corrected chi connectivity index (χ1v) is 4.44. The van der Waals surface area contributed by atoms with E-state index in [0.29, 0.717) is 10.8 Å². The van der Waals surface area contributed by atoms with Crippen LogP contribution in [-0.4, -0.2) is 10.8 Å². The van der Waals surface area contributed by atoms with Crippen LogP contribution in [0.25, 0.3) is 0 Å². The normalized spacial score (nSPS) is 38.0. The van der Waals surface area contributed by atoms with E-state index >= 15 is 0 Å². The summed E-state index contributed by atoms with van der Waals surface area (Å²) in [7, 11) is 0. The van der Waals surface area contributed by atoms with E-state index in [1.807, 2.05) is 0 Å². The highest BCUT2D eigenvalue weighted by Crippen LogP contribution is 2.25. The third-order valence-electron chi connectivity index (χ3n) is 1.80. The van der Waals surface area contributed by atoms with Gasteiger partial charge in [-0.25, -0.2) is 0 Å². The van der Waals surface area contributed by atoms with Crippen LogP contribution in [0.4, 0.5) is 0 Å². The molecule has 0 aliphatic heterocycles. The Morgan fingerprint density at radius 2 is 1.33 bits per heavy atom. The summed E-state index contributed by atoms with van der Waals surface area (Å²) in [4.78, 5) is 0. The van der Waals surface area contributed by atoms with Crippen molar-refractivity contribution < 1.29 is 0 Å². The Balaban J connectivity index is 2.29. The van der Waals surface area contributed by atoms with Gasteiger partial charge in [-0.3, -0.25) is 0 Å². The lowest BCUT2D eigenvalue weighted by Crippen LogP contribution is -2.03. The lowest BCUT2D eigenvalue weighted by atomic mass is 10.2. The van der Waals surface area contributed by atoms with Gasteiger partial charge in [0, 0.05) is 10.8 Å². The minimum Gasteiger partial charge on any atom is -0.123 e. The second kappa shape index (κ2) is 3.68. The molecule has 54 valence electrons. The molecule has 1 fully saturated rings. The van der Waals surface area contributed by atoms with Crippen LogP contribution in [-0.2, 0) is 0 Å². The predicted octanol–water partition coefficient (Wildman–Crippen LogP) is 3.17. The molecule has 1 saturated carbocycles. The smallest absolute Gasteiger partial charge is 0.0350 e. The van der Waals surface area contributed by atoms with Gasteiger partial charge in [0.15, 0.2) is 0 Å². The van der Waals surface area contributed by atoms with Crippen molar-refractivity contribution in [3.05, 3.63) is 0 Å². The molecule has 0 aromatic carbocycles. The van der Waals surface area contributed by atoms with Gasteiger partial charge in [0.2, 0.25) is 0 Å². The van der Waals surface area contributed by atoms with Gasteiger partial charge in [-0.2, -0.15) is 0 Å². The SMILES string of the molecule is Cl[C@@H]1CCCC[C@@H](Cl)C1. The molecule has 0 saturated heterocycles. The van der Waals surface area contributed by atoms with Crippen molar-refractivity contribution in [1.29, 1.82) is 0 Å². The number of hydrogen-bond acceptors (Lipinski definition) is 0. The van der Waals surface area contributed by atoms with Crippen LogP contribution in [0.2, 0.25) is 0 Å². The maximum Gasteiger partial charge on any atom is 0.0350 e. The van der Waals surface area contributed by atoms with Gasteiger partial charge in [0.05, 0.1) is 0 Å². The summed E-state index contributed by atoms with van der Waals surface area (Å²) in [5.74, 6) is 0. The fourth-order valence-electron chi connectivity index (χ4n) is 1.24. The fourth-order valence-corrected chi connectivity index (χ4v) is 2.07. The van der Waals surface area contributed by atoms with Crippen LogP contribution >= 0.6 is 23.2 Å². The van der Waals surface area contributed by atoms with Gasteiger partial charge < -0.3 is 0 Å². The van der Waals surface area contributed by atoms with E-state index in [4.69, 9.17) is 23.2 Å². The van der Waals surface area contributed by atoms with Crippen LogP contribution in [0.15, 0.2) is 0 Å². The van der Waals surface area contributed by atoms with E-state index in [2.05, 4.69) is 0 Å². The summed E-state index contributed by atoms with van der Waals surface area (Å²) >= 11 is 11.9. The average molecular weight is 167 g/mol. The van der Waals surface area contributed by atoms with Crippen LogP contribution in [0.5, 0.6) is 0 Å². The van der Waals surface area contributed by atoms with Gasteiger partial charge in [0.1, 0.15) is 0 Å². The average Bonchev–Trinajstić information content (AvgIpc) is 1.93. The Hall–Kier alpha value is 0.580. The molecule has 0 heterocycles. The standard InChI is InChI=1S/C7H12Cl2/c8-6-3-1-2-4-7(9)5-6/h6-7H,1-5H2/t6-,7-/m1/s1. The van der Waals surface area contributed by atoms with Crippen molar-refractivity contribution in [2.24, 2.45) is 0 Å². The molecular formula is C7H12Cl2. The zero-order valence-corrected chi connectivity index (χ0v) is 6.96. The fraction of sp³-hybridized carbons (Fsp3) is 1.00. The van der Waals surface area contributed by atoms with E-state index < -0.39 is 0 Å². The summed E-state index contributed by atoms with van der Waals surface area (Å²) < 4.78 is 0. The third kappa shape index (κ3) is 2.77. The molecule has 9 heavy (non-hydrogen) atoms. The van der Waals surface area contributed by atoms with Gasteiger partial charge in [-0.15, -0.1) is 23.2 Å². The molecule has 0 bridgehead atoms. The quantitative estimate of drug-likeness (QED) is 0.384. The molecule has 0 N–H and O–H groups in total. The Morgan fingerprint density at radius 3 is 1.78 bits per heavy atom. The van der Waals surface area contributed by atoms with Gasteiger partial charge in [0.25, 0.3) is 0 Å². The van der Waals surface area contributed by atoms with Crippen LogP contribution in [0, 0.1) is 0 Å². The Morgan fingerprint density at radius 1 is 0.889 bits per heavy atom. The van der Waals surface area contributed by atoms with E-state index in [9.17, 15) is 0 Å². The summed E-state index contributed by atoms with van der Waals surface area (Å²) in [6.45, 7) is 0. The molecule has 2 heteroatoms. The first-order chi connectivity index (χ1) is 4.29. The molecule has 0 amide bonds. The summed E-state index contributed by atoms with van der Waals surface area (Å²) in [5.41, 5.74) is 0. The van der Waals surface area contributed by atoms with Gasteiger partial charge in [-0.1, -0.05) is 12.8 Å². The van der Waals surface area contributed by atoms with E-state index in [0.717, 1.165) is 19.3 Å². The second-order valence-corrected chi connectivity index (χ2v) is 3.95. The topological polar surface area (TPSA) is 0 Å². The van der Waals surface area contributed by atoms with Crippen molar-refractivity contribution in [3.63, 3.8) is 0 Å². The molecule has 0 aromatic rings. The third-order valence-corrected chi connectivity index (χ3v) is 2.59. The molecule has 1 aliphatic rings. The van der Waals surface area contributed by atoms with E-state index in [1.165, 1.54) is 12.8 Å². The predicted molar refractivity (Wildman–Crippen MR) is 42.4 cm³/mol. The maximum atomic E-state index is 5.93. The number of halogens is 2. The van der Waals surface area contributed by atoms with Crippen molar-refractivity contribution in [3.8, 4) is 0 Å². The highest BCUT2D eigenvalue weighted by Gasteiger charge is 2.15. The van der Waals surface area contributed by atoms with Crippen LogP contribution < -0.4 is 0 Å². The van der Waals surface area contributed by atoms with Crippen molar-refractivity contribution in [1.82, 2.24) is 0 Å². The number of hydrogen-bond donors (Lipinski definition) is 0. The molecule has 0 aromatic heterocycles. The summed E-state index contributed by atoms with van der Waals surface area (Å²) in [5, 5.41) is 0.685. The van der Waals surface area contributed by atoms with Crippen molar-refractivity contribution in [2.75, 3.05) is 0 Å². The van der Waals surface area contributed by atoms with Crippen LogP contribution in [0.3, 0.4) is 0 Å². The minimum atomic E-state index is 0.343. The second-order valence-electron chi connectivity index (χ2n) is 2.71. The first-order valence-electron chi connectivity index (χ1n) is 3.57. The molecule has 1 rings (SSSR count). The van der Waals surface area contributed by atoms with Crippen LogP contribution in [0.1, 0.15) is 32.1 Å². The summed E-state index contributed by atoms with van der Waals surface area (Å²) in [6.07, 6.45) is 5.84. The molecule has 2 atom stereocenters. The zero-order valence-electron chi connectivity index (χ0n) is 5.45. The number of rotatable bonds is 0. The van der Waals surface area contributed by atoms with E-state index in [-0.39, 0.29) is 0 Å². The molecule has 0 unspecified atom stereocenters. The molecular weight excluding hydrogens is 155 g/mol. The maximum absolute atomic E-state index is 5.93. The van der Waals surface area contributed by atoms with Gasteiger partial charge in [-0.05, 0) is 19.3 Å². The number of alkyl halides is 2.